The smallest absolute Gasteiger partial charge is 0.336 e. The summed E-state index contributed by atoms with van der Waals surface area (Å²) in [6.45, 7) is 0. The van der Waals surface area contributed by atoms with Gasteiger partial charge in [-0.3, -0.25) is 4.98 Å². The van der Waals surface area contributed by atoms with Crippen molar-refractivity contribution in [2.24, 2.45) is 0 Å². The average molecular weight is 285 g/mol. The zero-order valence-electron chi connectivity index (χ0n) is 10.4. The molecule has 0 saturated heterocycles. The average Bonchev–Trinajstić information content (AvgIpc) is 2.95. The standard InChI is InChI=1S/C15H11NO3S/c17-13(14-11(15(18)19)6-8-20-14)10-5-7-16-12-4-2-1-3-9(10)12/h1-8,13,17H,(H,18,19). The van der Waals surface area contributed by atoms with E-state index >= 15 is 0 Å². The highest BCUT2D eigenvalue weighted by Gasteiger charge is 2.21. The van der Waals surface area contributed by atoms with E-state index in [0.717, 1.165) is 10.9 Å². The second-order valence-corrected chi connectivity index (χ2v) is 5.27. The third-order valence-corrected chi connectivity index (χ3v) is 4.12. The van der Waals surface area contributed by atoms with Crippen LogP contribution in [-0.4, -0.2) is 21.2 Å². The number of carbonyl (C=O) groups is 1. The van der Waals surface area contributed by atoms with E-state index in [0.29, 0.717) is 10.4 Å². The Hall–Kier alpha value is -2.24. The van der Waals surface area contributed by atoms with Crippen LogP contribution in [0.25, 0.3) is 10.9 Å². The van der Waals surface area contributed by atoms with E-state index in [1.54, 1.807) is 17.6 Å². The number of aromatic carboxylic acids is 1. The van der Waals surface area contributed by atoms with Gasteiger partial charge in [-0.15, -0.1) is 11.3 Å². The Bertz CT molecular complexity index is 776. The number of aromatic nitrogens is 1. The molecule has 0 bridgehead atoms. The molecule has 3 aromatic rings. The van der Waals surface area contributed by atoms with Gasteiger partial charge in [0.15, 0.2) is 0 Å². The molecule has 1 aromatic carbocycles. The van der Waals surface area contributed by atoms with E-state index in [1.807, 2.05) is 24.3 Å². The molecule has 20 heavy (non-hydrogen) atoms. The zero-order valence-corrected chi connectivity index (χ0v) is 11.2. The van der Waals surface area contributed by atoms with Gasteiger partial charge in [-0.1, -0.05) is 18.2 Å². The second kappa shape index (κ2) is 5.03. The first-order chi connectivity index (χ1) is 9.68. The molecule has 4 nitrogen and oxygen atoms in total. The summed E-state index contributed by atoms with van der Waals surface area (Å²) < 4.78 is 0. The number of benzene rings is 1. The lowest BCUT2D eigenvalue weighted by atomic mass is 10.0. The molecular formula is C15H11NO3S. The molecule has 0 spiro atoms. The van der Waals surface area contributed by atoms with Gasteiger partial charge in [0.25, 0.3) is 0 Å². The number of carboxylic acids is 1. The highest BCUT2D eigenvalue weighted by Crippen LogP contribution is 2.32. The fourth-order valence-corrected chi connectivity index (χ4v) is 3.10. The summed E-state index contributed by atoms with van der Waals surface area (Å²) >= 11 is 1.24. The number of aliphatic hydroxyl groups excluding tert-OH is 1. The van der Waals surface area contributed by atoms with Crippen molar-refractivity contribution in [2.45, 2.75) is 6.10 Å². The number of rotatable bonds is 3. The number of hydrogen-bond donors (Lipinski definition) is 2. The lowest BCUT2D eigenvalue weighted by Crippen LogP contribution is -2.05. The first-order valence-corrected chi connectivity index (χ1v) is 6.89. The number of thiophene rings is 1. The number of pyridine rings is 1. The Balaban J connectivity index is 2.15. The van der Waals surface area contributed by atoms with Crippen molar-refractivity contribution in [2.75, 3.05) is 0 Å². The van der Waals surface area contributed by atoms with Crippen LogP contribution < -0.4 is 0 Å². The van der Waals surface area contributed by atoms with E-state index in [4.69, 9.17) is 5.11 Å². The van der Waals surface area contributed by atoms with Gasteiger partial charge in [0.05, 0.1) is 16.0 Å². The molecule has 0 aliphatic heterocycles. The third kappa shape index (κ3) is 2.07. The Labute approximate surface area is 119 Å². The van der Waals surface area contributed by atoms with Gasteiger partial charge in [-0.25, -0.2) is 4.79 Å². The molecule has 2 heterocycles. The predicted molar refractivity (Wildman–Crippen MR) is 77.1 cm³/mol. The molecule has 0 saturated carbocycles. The van der Waals surface area contributed by atoms with Gasteiger partial charge in [0.2, 0.25) is 0 Å². The molecule has 0 fully saturated rings. The van der Waals surface area contributed by atoms with Crippen molar-refractivity contribution in [1.29, 1.82) is 0 Å². The molecule has 1 atom stereocenters. The molecule has 0 aliphatic rings. The van der Waals surface area contributed by atoms with Crippen LogP contribution >= 0.6 is 11.3 Å². The molecule has 5 heteroatoms. The van der Waals surface area contributed by atoms with E-state index < -0.39 is 12.1 Å². The quantitative estimate of drug-likeness (QED) is 0.776. The summed E-state index contributed by atoms with van der Waals surface area (Å²) in [5.74, 6) is -1.03. The van der Waals surface area contributed by atoms with Gasteiger partial charge < -0.3 is 10.2 Å². The second-order valence-electron chi connectivity index (χ2n) is 4.32. The minimum atomic E-state index is -1.03. The number of carboxylic acid groups (broad SMARTS) is 1. The molecule has 1 unspecified atom stereocenters. The fourth-order valence-electron chi connectivity index (χ4n) is 2.21. The predicted octanol–water partition coefficient (Wildman–Crippen LogP) is 3.08. The molecule has 3 rings (SSSR count). The van der Waals surface area contributed by atoms with Crippen LogP contribution in [0.15, 0.2) is 48.0 Å². The highest BCUT2D eigenvalue weighted by atomic mass is 32.1. The maximum Gasteiger partial charge on any atom is 0.336 e. The zero-order chi connectivity index (χ0) is 14.1. The van der Waals surface area contributed by atoms with Crippen LogP contribution in [-0.2, 0) is 0 Å². The SMILES string of the molecule is O=C(O)c1ccsc1C(O)c1ccnc2ccccc12. The van der Waals surface area contributed by atoms with E-state index in [-0.39, 0.29) is 5.56 Å². The number of nitrogens with zero attached hydrogens (tertiary/aromatic N) is 1. The molecule has 0 aliphatic carbocycles. The minimum absolute atomic E-state index is 0.142. The fraction of sp³-hybridized carbons (Fsp3) is 0.0667. The summed E-state index contributed by atoms with van der Waals surface area (Å²) in [5, 5.41) is 22.2. The van der Waals surface area contributed by atoms with Crippen molar-refractivity contribution in [3.63, 3.8) is 0 Å². The van der Waals surface area contributed by atoms with Crippen LogP contribution in [0.5, 0.6) is 0 Å². The van der Waals surface area contributed by atoms with Crippen molar-refractivity contribution in [3.8, 4) is 0 Å². The summed E-state index contributed by atoms with van der Waals surface area (Å²) in [4.78, 5) is 15.8. The Kier molecular flexibility index (Phi) is 3.22. The highest BCUT2D eigenvalue weighted by molar-refractivity contribution is 7.10. The largest absolute Gasteiger partial charge is 0.478 e. The van der Waals surface area contributed by atoms with Crippen LogP contribution in [0.1, 0.15) is 26.9 Å². The van der Waals surface area contributed by atoms with Crippen molar-refractivity contribution >= 4 is 28.2 Å². The number of hydrogen-bond acceptors (Lipinski definition) is 4. The number of aliphatic hydroxyl groups is 1. The monoisotopic (exact) mass is 285 g/mol. The lowest BCUT2D eigenvalue weighted by molar-refractivity contribution is 0.0692. The molecule has 0 amide bonds. The molecule has 2 N–H and O–H groups in total. The van der Waals surface area contributed by atoms with Gasteiger partial charge in [-0.05, 0) is 29.1 Å². The maximum absolute atomic E-state index is 11.2. The maximum atomic E-state index is 11.2. The lowest BCUT2D eigenvalue weighted by Gasteiger charge is -2.13. The van der Waals surface area contributed by atoms with Crippen molar-refractivity contribution < 1.29 is 15.0 Å². The minimum Gasteiger partial charge on any atom is -0.478 e. The summed E-state index contributed by atoms with van der Waals surface area (Å²) in [7, 11) is 0. The van der Waals surface area contributed by atoms with Crippen LogP contribution in [0.3, 0.4) is 0 Å². The third-order valence-electron chi connectivity index (χ3n) is 3.15. The van der Waals surface area contributed by atoms with Gasteiger partial charge in [0, 0.05) is 11.6 Å². The summed E-state index contributed by atoms with van der Waals surface area (Å²) in [5.41, 5.74) is 1.58. The van der Waals surface area contributed by atoms with Crippen molar-refractivity contribution in [1.82, 2.24) is 4.98 Å². The van der Waals surface area contributed by atoms with Gasteiger partial charge in [-0.2, -0.15) is 0 Å². The topological polar surface area (TPSA) is 70.4 Å². The Morgan fingerprint density at radius 3 is 2.80 bits per heavy atom. The van der Waals surface area contributed by atoms with Crippen molar-refractivity contribution in [3.05, 3.63) is 64.0 Å². The van der Waals surface area contributed by atoms with E-state index in [2.05, 4.69) is 4.98 Å². The van der Waals surface area contributed by atoms with Crippen LogP contribution in [0.4, 0.5) is 0 Å². The molecular weight excluding hydrogens is 274 g/mol. The van der Waals surface area contributed by atoms with Crippen LogP contribution in [0, 0.1) is 0 Å². The first kappa shape index (κ1) is 12.8. The van der Waals surface area contributed by atoms with Gasteiger partial charge >= 0.3 is 5.97 Å². The summed E-state index contributed by atoms with van der Waals surface area (Å²) in [6.07, 6.45) is 0.656. The van der Waals surface area contributed by atoms with E-state index in [1.165, 1.54) is 17.4 Å². The molecule has 2 aromatic heterocycles. The van der Waals surface area contributed by atoms with Gasteiger partial charge in [0.1, 0.15) is 6.10 Å². The number of para-hydroxylation sites is 1. The molecule has 100 valence electrons. The Morgan fingerprint density at radius 1 is 1.20 bits per heavy atom. The van der Waals surface area contributed by atoms with Crippen LogP contribution in [0.2, 0.25) is 0 Å². The van der Waals surface area contributed by atoms with E-state index in [9.17, 15) is 9.90 Å². The Morgan fingerprint density at radius 2 is 2.00 bits per heavy atom. The number of fused-ring (bicyclic) bond motifs is 1. The normalized spacial score (nSPS) is 12.4. The molecule has 0 radical (unpaired) electrons. The summed E-state index contributed by atoms with van der Waals surface area (Å²) in [6, 6.07) is 10.7. The first-order valence-electron chi connectivity index (χ1n) is 6.01.